The molecule has 176 valence electrons. The molecule has 0 atom stereocenters. The molecular formula is C26H22FN5O2S. The van der Waals surface area contributed by atoms with Gasteiger partial charge in [-0.25, -0.2) is 18.7 Å². The summed E-state index contributed by atoms with van der Waals surface area (Å²) >= 11 is 1.28. The Morgan fingerprint density at radius 1 is 1.03 bits per heavy atom. The quantitative estimate of drug-likeness (QED) is 0.318. The van der Waals surface area contributed by atoms with Crippen LogP contribution in [0.3, 0.4) is 0 Å². The highest BCUT2D eigenvalue weighted by molar-refractivity contribution is 7.07. The number of furan rings is 1. The summed E-state index contributed by atoms with van der Waals surface area (Å²) in [6.45, 7) is 3.64. The highest BCUT2D eigenvalue weighted by Gasteiger charge is 2.18. The van der Waals surface area contributed by atoms with E-state index in [1.165, 1.54) is 17.4 Å². The molecule has 0 bridgehead atoms. The second-order valence-corrected chi connectivity index (χ2v) is 8.72. The van der Waals surface area contributed by atoms with E-state index in [0.29, 0.717) is 33.2 Å². The molecule has 0 spiro atoms. The zero-order valence-electron chi connectivity index (χ0n) is 19.3. The number of nitrogens with zero attached hydrogens (tertiary/aromatic N) is 5. The zero-order valence-corrected chi connectivity index (χ0v) is 20.2. The summed E-state index contributed by atoms with van der Waals surface area (Å²) in [6, 6.07) is 19.4. The number of benzene rings is 2. The molecule has 0 amide bonds. The molecule has 0 saturated carbocycles. The highest BCUT2D eigenvalue weighted by Crippen LogP contribution is 2.24. The lowest BCUT2D eigenvalue weighted by Crippen LogP contribution is -2.20. The molecule has 0 aliphatic heterocycles. The Hall–Kier alpha value is -4.24. The minimum atomic E-state index is -0.376. The molecule has 0 aliphatic carbocycles. The monoisotopic (exact) mass is 487 g/mol. The van der Waals surface area contributed by atoms with Crippen molar-refractivity contribution in [2.24, 2.45) is 17.1 Å². The van der Waals surface area contributed by atoms with Crippen molar-refractivity contribution >= 4 is 22.7 Å². The third kappa shape index (κ3) is 4.10. The maximum atomic E-state index is 14.7. The van der Waals surface area contributed by atoms with Gasteiger partial charge in [0.1, 0.15) is 17.3 Å². The first kappa shape index (κ1) is 22.5. The van der Waals surface area contributed by atoms with Gasteiger partial charge in [0.25, 0.3) is 5.56 Å². The van der Waals surface area contributed by atoms with E-state index in [2.05, 4.69) is 0 Å². The SMILES string of the molecule is CC(=Nn1c(-c2ccccc2F)csc1=Nc1c(C)n(C)n(-c2ccccc2)c1=O)c1ccco1. The Balaban J connectivity index is 1.75. The average Bonchev–Trinajstić information content (AvgIpc) is 3.58. The summed E-state index contributed by atoms with van der Waals surface area (Å²) in [5.41, 5.74) is 2.95. The van der Waals surface area contributed by atoms with Gasteiger partial charge in [-0.05, 0) is 50.2 Å². The van der Waals surface area contributed by atoms with E-state index in [4.69, 9.17) is 14.5 Å². The van der Waals surface area contributed by atoms with E-state index in [9.17, 15) is 9.18 Å². The first-order valence-electron chi connectivity index (χ1n) is 10.9. The van der Waals surface area contributed by atoms with Crippen LogP contribution >= 0.6 is 11.3 Å². The van der Waals surface area contributed by atoms with Gasteiger partial charge in [-0.2, -0.15) is 5.10 Å². The van der Waals surface area contributed by atoms with Crippen LogP contribution in [0.5, 0.6) is 0 Å². The maximum absolute atomic E-state index is 14.7. The van der Waals surface area contributed by atoms with Gasteiger partial charge in [-0.1, -0.05) is 30.3 Å². The molecule has 0 fully saturated rings. The topological polar surface area (TPSA) is 69.7 Å². The van der Waals surface area contributed by atoms with Gasteiger partial charge in [0.05, 0.1) is 23.3 Å². The predicted molar refractivity (Wildman–Crippen MR) is 135 cm³/mol. The van der Waals surface area contributed by atoms with E-state index in [1.54, 1.807) is 62.9 Å². The van der Waals surface area contributed by atoms with Crippen molar-refractivity contribution in [2.75, 3.05) is 0 Å². The van der Waals surface area contributed by atoms with Gasteiger partial charge < -0.3 is 4.42 Å². The van der Waals surface area contributed by atoms with Crippen LogP contribution in [0.4, 0.5) is 10.1 Å². The molecule has 2 aromatic carbocycles. The number of halogens is 1. The van der Waals surface area contributed by atoms with Crippen molar-refractivity contribution in [3.8, 4) is 16.9 Å². The Bertz CT molecular complexity index is 1650. The summed E-state index contributed by atoms with van der Waals surface area (Å²) in [6.07, 6.45) is 1.56. The van der Waals surface area contributed by atoms with Crippen LogP contribution in [-0.4, -0.2) is 19.8 Å². The van der Waals surface area contributed by atoms with Gasteiger partial charge in [0, 0.05) is 18.0 Å². The van der Waals surface area contributed by atoms with Crippen LogP contribution in [0.15, 0.2) is 97.7 Å². The van der Waals surface area contributed by atoms with Crippen molar-refractivity contribution in [1.29, 1.82) is 0 Å². The van der Waals surface area contributed by atoms with Crippen LogP contribution in [0.25, 0.3) is 16.9 Å². The molecule has 3 aromatic heterocycles. The fourth-order valence-corrected chi connectivity index (χ4v) is 4.62. The van der Waals surface area contributed by atoms with E-state index >= 15 is 0 Å². The lowest BCUT2D eigenvalue weighted by Gasteiger charge is -2.07. The summed E-state index contributed by atoms with van der Waals surface area (Å²) in [7, 11) is 1.81. The van der Waals surface area contributed by atoms with Gasteiger partial charge >= 0.3 is 0 Å². The number of aromatic nitrogens is 3. The molecule has 5 rings (SSSR count). The third-order valence-corrected chi connectivity index (χ3v) is 6.51. The maximum Gasteiger partial charge on any atom is 0.297 e. The molecule has 0 unspecified atom stereocenters. The Kier molecular flexibility index (Phi) is 5.92. The van der Waals surface area contributed by atoms with Crippen LogP contribution in [0.2, 0.25) is 0 Å². The smallest absolute Gasteiger partial charge is 0.297 e. The van der Waals surface area contributed by atoms with E-state index < -0.39 is 0 Å². The Morgan fingerprint density at radius 2 is 1.77 bits per heavy atom. The largest absolute Gasteiger partial charge is 0.463 e. The fraction of sp³-hybridized carbons (Fsp3) is 0.115. The molecular weight excluding hydrogens is 465 g/mol. The number of para-hydroxylation sites is 1. The minimum absolute atomic E-state index is 0.254. The number of hydrogen-bond acceptors (Lipinski definition) is 5. The van der Waals surface area contributed by atoms with E-state index in [-0.39, 0.29) is 17.1 Å². The lowest BCUT2D eigenvalue weighted by molar-refractivity contribution is 0.556. The molecule has 3 heterocycles. The van der Waals surface area contributed by atoms with Gasteiger partial charge in [-0.15, -0.1) is 11.3 Å². The van der Waals surface area contributed by atoms with Crippen LogP contribution in [0, 0.1) is 12.7 Å². The first-order chi connectivity index (χ1) is 17.0. The van der Waals surface area contributed by atoms with Crippen LogP contribution in [0.1, 0.15) is 18.4 Å². The molecule has 9 heteroatoms. The minimum Gasteiger partial charge on any atom is -0.463 e. The molecule has 35 heavy (non-hydrogen) atoms. The number of thiazole rings is 1. The van der Waals surface area contributed by atoms with Crippen molar-refractivity contribution in [1.82, 2.24) is 14.0 Å². The van der Waals surface area contributed by atoms with Crippen molar-refractivity contribution < 1.29 is 8.81 Å². The summed E-state index contributed by atoms with van der Waals surface area (Å²) in [5, 5.41) is 6.48. The van der Waals surface area contributed by atoms with E-state index in [0.717, 1.165) is 5.69 Å². The highest BCUT2D eigenvalue weighted by atomic mass is 32.1. The van der Waals surface area contributed by atoms with Crippen molar-refractivity contribution in [3.05, 3.63) is 111 Å². The lowest BCUT2D eigenvalue weighted by atomic mass is 10.1. The zero-order chi connectivity index (χ0) is 24.5. The Morgan fingerprint density at radius 3 is 2.49 bits per heavy atom. The summed E-state index contributed by atoms with van der Waals surface area (Å²) < 4.78 is 25.1. The molecule has 7 nitrogen and oxygen atoms in total. The van der Waals surface area contributed by atoms with Crippen molar-refractivity contribution in [2.45, 2.75) is 13.8 Å². The van der Waals surface area contributed by atoms with Gasteiger partial charge in [0.2, 0.25) is 4.80 Å². The third-order valence-electron chi connectivity index (χ3n) is 5.69. The molecule has 0 N–H and O–H groups in total. The second-order valence-electron chi connectivity index (χ2n) is 7.88. The molecule has 0 saturated heterocycles. The normalized spacial score (nSPS) is 12.5. The fourth-order valence-electron chi connectivity index (χ4n) is 3.79. The average molecular weight is 488 g/mol. The second kappa shape index (κ2) is 9.19. The number of hydrogen-bond donors (Lipinski definition) is 0. The Labute approximate surface area is 204 Å². The predicted octanol–water partition coefficient (Wildman–Crippen LogP) is 5.25. The molecule has 0 radical (unpaired) electrons. The van der Waals surface area contributed by atoms with Gasteiger partial charge in [-0.3, -0.25) is 9.48 Å². The number of rotatable bonds is 5. The van der Waals surface area contributed by atoms with E-state index in [1.807, 2.05) is 44.3 Å². The van der Waals surface area contributed by atoms with Crippen LogP contribution in [-0.2, 0) is 7.05 Å². The van der Waals surface area contributed by atoms with Crippen LogP contribution < -0.4 is 10.4 Å². The molecule has 0 aliphatic rings. The van der Waals surface area contributed by atoms with Crippen molar-refractivity contribution in [3.63, 3.8) is 0 Å². The molecule has 5 aromatic rings. The van der Waals surface area contributed by atoms with Gasteiger partial charge in [0.15, 0.2) is 5.69 Å². The standard InChI is InChI=1S/C26H22FN5O2S/c1-17(23-14-9-15-34-23)29-31-22(20-12-7-8-13-21(20)27)16-35-26(31)28-24-18(2)30(3)32(25(24)33)19-10-5-4-6-11-19/h4-16H,1-3H3. The summed E-state index contributed by atoms with van der Waals surface area (Å²) in [5.74, 6) is 0.204. The summed E-state index contributed by atoms with van der Waals surface area (Å²) in [4.78, 5) is 18.6. The first-order valence-corrected chi connectivity index (χ1v) is 11.8.